The molecule has 1 aliphatic heterocycles. The Morgan fingerprint density at radius 3 is 2.36 bits per heavy atom. The molecular formula is C17H28N2O3. The van der Waals surface area contributed by atoms with Crippen LogP contribution in [0.1, 0.15) is 23.7 Å². The van der Waals surface area contributed by atoms with Gasteiger partial charge in [0.1, 0.15) is 5.75 Å². The third kappa shape index (κ3) is 4.68. The van der Waals surface area contributed by atoms with E-state index in [2.05, 4.69) is 9.80 Å². The molecule has 1 saturated heterocycles. The molecule has 1 unspecified atom stereocenters. The van der Waals surface area contributed by atoms with Crippen LogP contribution in [0.3, 0.4) is 0 Å². The van der Waals surface area contributed by atoms with Crippen molar-refractivity contribution in [2.75, 3.05) is 53.0 Å². The minimum absolute atomic E-state index is 0.228. The van der Waals surface area contributed by atoms with Gasteiger partial charge in [-0.05, 0) is 25.5 Å². The van der Waals surface area contributed by atoms with Crippen LogP contribution >= 0.6 is 0 Å². The zero-order chi connectivity index (χ0) is 15.9. The Labute approximate surface area is 133 Å². The van der Waals surface area contributed by atoms with Crippen molar-refractivity contribution in [1.29, 1.82) is 0 Å². The van der Waals surface area contributed by atoms with Gasteiger partial charge < -0.3 is 19.8 Å². The summed E-state index contributed by atoms with van der Waals surface area (Å²) in [6.45, 7) is 7.87. The Balaban J connectivity index is 1.83. The number of nitrogens with zero attached hydrogens (tertiary/aromatic N) is 2. The topological polar surface area (TPSA) is 56.2 Å². The zero-order valence-electron chi connectivity index (χ0n) is 13.7. The summed E-state index contributed by atoms with van der Waals surface area (Å²) in [5, 5.41) is 19.4. The number of ether oxygens (including phenoxy) is 1. The van der Waals surface area contributed by atoms with E-state index in [-0.39, 0.29) is 6.61 Å². The highest BCUT2D eigenvalue weighted by Crippen LogP contribution is 2.28. The Bertz CT molecular complexity index is 459. The van der Waals surface area contributed by atoms with E-state index in [1.54, 1.807) is 7.11 Å². The monoisotopic (exact) mass is 308 g/mol. The molecule has 0 bridgehead atoms. The average Bonchev–Trinajstić information content (AvgIpc) is 2.54. The molecule has 0 aromatic heterocycles. The average molecular weight is 308 g/mol. The molecule has 5 heteroatoms. The fourth-order valence-electron chi connectivity index (χ4n) is 2.95. The van der Waals surface area contributed by atoms with Gasteiger partial charge in [-0.3, -0.25) is 4.90 Å². The molecule has 22 heavy (non-hydrogen) atoms. The zero-order valence-corrected chi connectivity index (χ0v) is 13.7. The lowest BCUT2D eigenvalue weighted by atomic mass is 10.0. The number of benzene rings is 1. The summed E-state index contributed by atoms with van der Waals surface area (Å²) < 4.78 is 5.35. The van der Waals surface area contributed by atoms with Crippen LogP contribution in [0, 0.1) is 6.92 Å². The molecular weight excluding hydrogens is 280 g/mol. The molecule has 0 aliphatic carbocycles. The summed E-state index contributed by atoms with van der Waals surface area (Å²) in [5.41, 5.74) is 2.01. The van der Waals surface area contributed by atoms with Gasteiger partial charge in [0.15, 0.2) is 0 Å². The molecule has 1 aliphatic rings. The van der Waals surface area contributed by atoms with Gasteiger partial charge in [-0.15, -0.1) is 0 Å². The second-order valence-electron chi connectivity index (χ2n) is 5.96. The second-order valence-corrected chi connectivity index (χ2v) is 5.96. The first-order chi connectivity index (χ1) is 10.6. The highest BCUT2D eigenvalue weighted by molar-refractivity contribution is 5.38. The van der Waals surface area contributed by atoms with Gasteiger partial charge >= 0.3 is 0 Å². The van der Waals surface area contributed by atoms with Crippen LogP contribution < -0.4 is 4.74 Å². The minimum Gasteiger partial charge on any atom is -0.496 e. The van der Waals surface area contributed by atoms with Crippen LogP contribution in [0.5, 0.6) is 5.75 Å². The van der Waals surface area contributed by atoms with E-state index in [0.29, 0.717) is 6.42 Å². The molecule has 2 rings (SSSR count). The van der Waals surface area contributed by atoms with Gasteiger partial charge in [-0.2, -0.15) is 0 Å². The molecule has 0 radical (unpaired) electrons. The molecule has 0 saturated carbocycles. The Morgan fingerprint density at radius 2 is 1.77 bits per heavy atom. The van der Waals surface area contributed by atoms with Crippen LogP contribution in [-0.4, -0.2) is 73.0 Å². The fourth-order valence-corrected chi connectivity index (χ4v) is 2.95. The van der Waals surface area contributed by atoms with Crippen molar-refractivity contribution in [3.63, 3.8) is 0 Å². The van der Waals surface area contributed by atoms with E-state index in [4.69, 9.17) is 9.84 Å². The number of β-amino-alcohol motifs (C(OH)–C–C–N with tert-alkyl or cyclic N) is 1. The first kappa shape index (κ1) is 17.2. The lowest BCUT2D eigenvalue weighted by Gasteiger charge is -2.34. The maximum atomic E-state index is 10.5. The molecule has 0 spiro atoms. The molecule has 1 aromatic carbocycles. The summed E-state index contributed by atoms with van der Waals surface area (Å²) in [5.74, 6) is 0.755. The molecule has 1 heterocycles. The summed E-state index contributed by atoms with van der Waals surface area (Å²) in [6, 6.07) is 5.92. The van der Waals surface area contributed by atoms with Crippen molar-refractivity contribution in [2.24, 2.45) is 0 Å². The quantitative estimate of drug-likeness (QED) is 0.788. The third-order valence-electron chi connectivity index (χ3n) is 4.34. The number of methoxy groups -OCH3 is 1. The number of aliphatic hydroxyl groups is 2. The highest BCUT2D eigenvalue weighted by atomic mass is 16.5. The third-order valence-corrected chi connectivity index (χ3v) is 4.34. The predicted octanol–water partition coefficient (Wildman–Crippen LogP) is 1.04. The van der Waals surface area contributed by atoms with E-state index in [1.165, 1.54) is 0 Å². The smallest absolute Gasteiger partial charge is 0.124 e. The predicted molar refractivity (Wildman–Crippen MR) is 87.3 cm³/mol. The van der Waals surface area contributed by atoms with E-state index in [1.807, 2.05) is 25.1 Å². The van der Waals surface area contributed by atoms with Crippen LogP contribution in [-0.2, 0) is 0 Å². The number of piperazine rings is 1. The number of aliphatic hydroxyl groups excluding tert-OH is 2. The van der Waals surface area contributed by atoms with Gasteiger partial charge in [0.05, 0.1) is 19.8 Å². The first-order valence-electron chi connectivity index (χ1n) is 8.02. The maximum Gasteiger partial charge on any atom is 0.124 e. The lowest BCUT2D eigenvalue weighted by Crippen LogP contribution is -2.47. The van der Waals surface area contributed by atoms with E-state index >= 15 is 0 Å². The van der Waals surface area contributed by atoms with E-state index < -0.39 is 6.10 Å². The van der Waals surface area contributed by atoms with Crippen LogP contribution in [0.25, 0.3) is 0 Å². The molecule has 124 valence electrons. The van der Waals surface area contributed by atoms with Crippen molar-refractivity contribution in [2.45, 2.75) is 19.4 Å². The molecule has 1 fully saturated rings. The molecule has 0 amide bonds. The van der Waals surface area contributed by atoms with E-state index in [0.717, 1.165) is 56.1 Å². The van der Waals surface area contributed by atoms with Gasteiger partial charge in [0, 0.05) is 44.8 Å². The number of hydrogen-bond donors (Lipinski definition) is 2. The fraction of sp³-hybridized carbons (Fsp3) is 0.647. The van der Waals surface area contributed by atoms with Crippen molar-refractivity contribution in [3.05, 3.63) is 29.3 Å². The summed E-state index contributed by atoms with van der Waals surface area (Å²) in [6.07, 6.45) is 0.213. The Hall–Kier alpha value is -1.14. The van der Waals surface area contributed by atoms with Crippen molar-refractivity contribution in [3.8, 4) is 5.75 Å². The van der Waals surface area contributed by atoms with Crippen molar-refractivity contribution in [1.82, 2.24) is 9.80 Å². The lowest BCUT2D eigenvalue weighted by molar-refractivity contribution is 0.0916. The summed E-state index contributed by atoms with van der Waals surface area (Å²) >= 11 is 0. The Morgan fingerprint density at radius 1 is 1.14 bits per heavy atom. The largest absolute Gasteiger partial charge is 0.496 e. The molecule has 2 N–H and O–H groups in total. The number of rotatable bonds is 7. The highest BCUT2D eigenvalue weighted by Gasteiger charge is 2.19. The van der Waals surface area contributed by atoms with Crippen LogP contribution in [0.15, 0.2) is 18.2 Å². The normalized spacial score (nSPS) is 18.4. The molecule has 5 nitrogen and oxygen atoms in total. The van der Waals surface area contributed by atoms with Crippen molar-refractivity contribution < 1.29 is 14.9 Å². The number of aryl methyl sites for hydroxylation is 1. The second kappa shape index (κ2) is 8.48. The summed E-state index contributed by atoms with van der Waals surface area (Å²) in [7, 11) is 1.64. The van der Waals surface area contributed by atoms with Crippen molar-refractivity contribution >= 4 is 0 Å². The van der Waals surface area contributed by atoms with Crippen LogP contribution in [0.2, 0.25) is 0 Å². The SMILES string of the molecule is COc1ccc(C)cc1C(O)CCN1CCN(CCO)CC1. The standard InChI is InChI=1S/C17H28N2O3/c1-14-3-4-17(22-2)15(13-14)16(21)5-6-18-7-9-19(10-8-18)11-12-20/h3-4,13,16,20-21H,5-12H2,1-2H3. The van der Waals surface area contributed by atoms with Gasteiger partial charge in [-0.1, -0.05) is 11.6 Å². The van der Waals surface area contributed by atoms with Gasteiger partial charge in [-0.25, -0.2) is 0 Å². The molecule has 1 aromatic rings. The van der Waals surface area contributed by atoms with Gasteiger partial charge in [0.2, 0.25) is 0 Å². The summed E-state index contributed by atoms with van der Waals surface area (Å²) in [4.78, 5) is 4.65. The van der Waals surface area contributed by atoms with Crippen LogP contribution in [0.4, 0.5) is 0 Å². The number of hydrogen-bond acceptors (Lipinski definition) is 5. The Kier molecular flexibility index (Phi) is 6.64. The molecule has 1 atom stereocenters. The maximum absolute atomic E-state index is 10.5. The first-order valence-corrected chi connectivity index (χ1v) is 8.02. The van der Waals surface area contributed by atoms with E-state index in [9.17, 15) is 5.11 Å². The minimum atomic E-state index is -0.495. The van der Waals surface area contributed by atoms with Gasteiger partial charge in [0.25, 0.3) is 0 Å².